The number of likely N-dealkylation sites (tertiary alicyclic amines) is 1. The van der Waals surface area contributed by atoms with Gasteiger partial charge in [0.1, 0.15) is 5.65 Å². The molecule has 174 valence electrons. The lowest BCUT2D eigenvalue weighted by molar-refractivity contribution is 0.0950. The molecule has 0 aliphatic carbocycles. The van der Waals surface area contributed by atoms with Gasteiger partial charge < -0.3 is 14.5 Å². The molecule has 1 unspecified atom stereocenters. The van der Waals surface area contributed by atoms with Gasteiger partial charge in [-0.3, -0.25) is 9.69 Å². The molecule has 1 aromatic carbocycles. The fourth-order valence-corrected chi connectivity index (χ4v) is 6.42. The molecular weight excluding hydrogens is 440 g/mol. The fraction of sp³-hybridized carbons (Fsp3) is 0.417. The summed E-state index contributed by atoms with van der Waals surface area (Å²) >= 11 is 0. The van der Waals surface area contributed by atoms with Gasteiger partial charge in [0.25, 0.3) is 5.91 Å². The van der Waals surface area contributed by atoms with Crippen LogP contribution in [-0.2, 0) is 21.1 Å². The second-order valence-electron chi connectivity index (χ2n) is 8.73. The zero-order valence-corrected chi connectivity index (χ0v) is 19.2. The number of hydrogen-bond donors (Lipinski definition) is 1. The number of nitrogens with one attached hydrogen (secondary N) is 1. The largest absolute Gasteiger partial charge is 0.380 e. The minimum atomic E-state index is -3.37. The lowest BCUT2D eigenvalue weighted by Gasteiger charge is -2.35. The number of carbonyl (C=O) groups is 1. The van der Waals surface area contributed by atoms with E-state index in [1.54, 1.807) is 59.4 Å². The first-order valence-electron chi connectivity index (χ1n) is 11.4. The van der Waals surface area contributed by atoms with E-state index in [-0.39, 0.29) is 11.2 Å². The van der Waals surface area contributed by atoms with E-state index in [0.29, 0.717) is 35.9 Å². The smallest absolute Gasteiger partial charge is 0.253 e. The molecule has 0 saturated carbocycles. The molecule has 2 aromatic heterocycles. The van der Waals surface area contributed by atoms with Crippen LogP contribution in [0.5, 0.6) is 0 Å². The number of ether oxygens (including phenoxy) is 1. The summed E-state index contributed by atoms with van der Waals surface area (Å²) < 4.78 is 33.5. The van der Waals surface area contributed by atoms with E-state index in [4.69, 9.17) is 4.74 Å². The molecular formula is C24H28N4O4S. The highest BCUT2D eigenvalue weighted by molar-refractivity contribution is 7.92. The molecule has 4 heterocycles. The average Bonchev–Trinajstić information content (AvgIpc) is 3.55. The summed E-state index contributed by atoms with van der Waals surface area (Å²) in [5.74, 6) is -0.193. The fourth-order valence-electron chi connectivity index (χ4n) is 4.69. The first-order valence-corrected chi connectivity index (χ1v) is 12.9. The van der Waals surface area contributed by atoms with E-state index in [2.05, 4.69) is 15.2 Å². The van der Waals surface area contributed by atoms with Gasteiger partial charge in [0.2, 0.25) is 0 Å². The molecule has 2 aliphatic heterocycles. The van der Waals surface area contributed by atoms with E-state index in [0.717, 1.165) is 43.9 Å². The first kappa shape index (κ1) is 22.1. The highest BCUT2D eigenvalue weighted by Gasteiger charge is 2.34. The number of sulfone groups is 1. The maximum absolute atomic E-state index is 13.1. The molecule has 8 nitrogen and oxygen atoms in total. The summed E-state index contributed by atoms with van der Waals surface area (Å²) in [4.78, 5) is 19.4. The standard InChI is InChI=1S/C24H28N4O4S/c29-24(19-3-6-23-25-10-13-28(23)16-19)26-15-18-1-4-21(5-2-18)33(30,31)22-7-11-27(12-8-22)20-9-14-32-17-20/h1-6,10,13,16,20,22H,7-9,11-12,14-15,17H2,(H,26,29). The first-order chi connectivity index (χ1) is 16.0. The van der Waals surface area contributed by atoms with Gasteiger partial charge >= 0.3 is 0 Å². The Morgan fingerprint density at radius 2 is 1.88 bits per heavy atom. The summed E-state index contributed by atoms with van der Waals surface area (Å²) in [6.07, 6.45) is 7.54. The Labute approximate surface area is 193 Å². The van der Waals surface area contributed by atoms with Crippen molar-refractivity contribution in [3.8, 4) is 0 Å². The Balaban J connectivity index is 1.17. The quantitative estimate of drug-likeness (QED) is 0.597. The SMILES string of the molecule is O=C(NCc1ccc(S(=O)(=O)C2CCN(C3CCOC3)CC2)cc1)c1ccc2nccn2c1. The number of pyridine rings is 1. The topological polar surface area (TPSA) is 93.0 Å². The van der Waals surface area contributed by atoms with Crippen LogP contribution >= 0.6 is 0 Å². The molecule has 5 rings (SSSR count). The van der Waals surface area contributed by atoms with Crippen LogP contribution in [0.2, 0.25) is 0 Å². The Bertz CT molecular complexity index is 1220. The van der Waals surface area contributed by atoms with Crippen molar-refractivity contribution in [2.75, 3.05) is 26.3 Å². The second kappa shape index (κ2) is 9.24. The van der Waals surface area contributed by atoms with Gasteiger partial charge in [-0.2, -0.15) is 0 Å². The van der Waals surface area contributed by atoms with Crippen LogP contribution in [0.3, 0.4) is 0 Å². The van der Waals surface area contributed by atoms with Crippen LogP contribution in [0, 0.1) is 0 Å². The van der Waals surface area contributed by atoms with E-state index in [1.807, 2.05) is 0 Å². The number of nitrogens with zero attached hydrogens (tertiary/aromatic N) is 3. The summed E-state index contributed by atoms with van der Waals surface area (Å²) in [6.45, 7) is 3.48. The van der Waals surface area contributed by atoms with Gasteiger partial charge in [-0.25, -0.2) is 13.4 Å². The molecule has 1 amide bonds. The van der Waals surface area contributed by atoms with Gasteiger partial charge in [0.05, 0.1) is 22.3 Å². The Morgan fingerprint density at radius 1 is 1.09 bits per heavy atom. The number of imidazole rings is 1. The number of fused-ring (bicyclic) bond motifs is 1. The molecule has 1 atom stereocenters. The molecule has 0 bridgehead atoms. The lowest BCUT2D eigenvalue weighted by atomic mass is 10.1. The molecule has 0 radical (unpaired) electrons. The van der Waals surface area contributed by atoms with Crippen LogP contribution in [0.4, 0.5) is 0 Å². The minimum absolute atomic E-state index is 0.193. The zero-order chi connectivity index (χ0) is 22.8. The highest BCUT2D eigenvalue weighted by atomic mass is 32.2. The van der Waals surface area contributed by atoms with Crippen LogP contribution in [0.1, 0.15) is 35.2 Å². The number of rotatable bonds is 6. The third-order valence-corrected chi connectivity index (χ3v) is 8.97. The Hall–Kier alpha value is -2.75. The van der Waals surface area contributed by atoms with Crippen molar-refractivity contribution in [1.29, 1.82) is 0 Å². The van der Waals surface area contributed by atoms with E-state index < -0.39 is 9.84 Å². The number of hydrogen-bond acceptors (Lipinski definition) is 6. The van der Waals surface area contributed by atoms with E-state index >= 15 is 0 Å². The van der Waals surface area contributed by atoms with Crippen molar-refractivity contribution in [3.05, 3.63) is 66.1 Å². The van der Waals surface area contributed by atoms with Crippen molar-refractivity contribution < 1.29 is 17.9 Å². The number of amides is 1. The maximum atomic E-state index is 13.1. The Kier molecular flexibility index (Phi) is 6.18. The maximum Gasteiger partial charge on any atom is 0.253 e. The number of benzene rings is 1. The van der Waals surface area contributed by atoms with Crippen LogP contribution in [0.25, 0.3) is 5.65 Å². The summed E-state index contributed by atoms with van der Waals surface area (Å²) in [7, 11) is -3.37. The molecule has 9 heteroatoms. The minimum Gasteiger partial charge on any atom is -0.380 e. The number of carbonyl (C=O) groups excluding carboxylic acids is 1. The van der Waals surface area contributed by atoms with E-state index in [9.17, 15) is 13.2 Å². The molecule has 2 fully saturated rings. The second-order valence-corrected chi connectivity index (χ2v) is 11.0. The normalized spacial score (nSPS) is 20.3. The number of piperidine rings is 1. The van der Waals surface area contributed by atoms with Crippen molar-refractivity contribution in [1.82, 2.24) is 19.6 Å². The van der Waals surface area contributed by atoms with Gasteiger partial charge in [0.15, 0.2) is 9.84 Å². The summed E-state index contributed by atoms with van der Waals surface area (Å²) in [5, 5.41) is 2.54. The molecule has 0 spiro atoms. The van der Waals surface area contributed by atoms with Crippen molar-refractivity contribution in [3.63, 3.8) is 0 Å². The summed E-state index contributed by atoms with van der Waals surface area (Å²) in [6, 6.07) is 10.8. The molecule has 2 aliphatic rings. The predicted molar refractivity (Wildman–Crippen MR) is 124 cm³/mol. The van der Waals surface area contributed by atoms with Gasteiger partial charge in [-0.15, -0.1) is 0 Å². The van der Waals surface area contributed by atoms with Crippen LogP contribution in [-0.4, -0.2) is 66.2 Å². The predicted octanol–water partition coefficient (Wildman–Crippen LogP) is 2.29. The third-order valence-electron chi connectivity index (χ3n) is 6.69. The van der Waals surface area contributed by atoms with Crippen LogP contribution in [0.15, 0.2) is 59.9 Å². The van der Waals surface area contributed by atoms with Gasteiger partial charge in [-0.05, 0) is 62.2 Å². The van der Waals surface area contributed by atoms with Crippen molar-refractivity contribution in [2.45, 2.75) is 42.0 Å². The van der Waals surface area contributed by atoms with Crippen molar-refractivity contribution >= 4 is 21.4 Å². The Morgan fingerprint density at radius 3 is 2.61 bits per heavy atom. The van der Waals surface area contributed by atoms with Crippen molar-refractivity contribution in [2.24, 2.45) is 0 Å². The average molecular weight is 469 g/mol. The zero-order valence-electron chi connectivity index (χ0n) is 18.4. The molecule has 2 saturated heterocycles. The lowest BCUT2D eigenvalue weighted by Crippen LogP contribution is -2.44. The summed E-state index contributed by atoms with van der Waals surface area (Å²) in [5.41, 5.74) is 2.17. The molecule has 3 aromatic rings. The monoisotopic (exact) mass is 468 g/mol. The van der Waals surface area contributed by atoms with Gasteiger partial charge in [0, 0.05) is 37.8 Å². The number of aromatic nitrogens is 2. The van der Waals surface area contributed by atoms with E-state index in [1.165, 1.54) is 0 Å². The van der Waals surface area contributed by atoms with Gasteiger partial charge in [-0.1, -0.05) is 12.1 Å². The third kappa shape index (κ3) is 4.66. The molecule has 1 N–H and O–H groups in total. The highest BCUT2D eigenvalue weighted by Crippen LogP contribution is 2.27. The molecule has 33 heavy (non-hydrogen) atoms. The van der Waals surface area contributed by atoms with Crippen LogP contribution < -0.4 is 5.32 Å².